The van der Waals surface area contributed by atoms with Crippen LogP contribution < -0.4 is 5.32 Å². The van der Waals surface area contributed by atoms with Crippen molar-refractivity contribution in [1.82, 2.24) is 5.32 Å². The molecule has 0 aromatic heterocycles. The molecule has 13 heavy (non-hydrogen) atoms. The highest BCUT2D eigenvalue weighted by atomic mass is 16.5. The SMILES string of the molecule is CCCC1COC2(CCNCC2)C1. The van der Waals surface area contributed by atoms with Gasteiger partial charge in [-0.05, 0) is 44.7 Å². The fraction of sp³-hybridized carbons (Fsp3) is 1.00. The molecule has 0 amide bonds. The third kappa shape index (κ3) is 2.05. The molecule has 2 heterocycles. The predicted molar refractivity (Wildman–Crippen MR) is 53.8 cm³/mol. The summed E-state index contributed by atoms with van der Waals surface area (Å²) < 4.78 is 6.01. The van der Waals surface area contributed by atoms with E-state index in [0.717, 1.165) is 25.6 Å². The van der Waals surface area contributed by atoms with Gasteiger partial charge in [0.15, 0.2) is 0 Å². The van der Waals surface area contributed by atoms with Crippen molar-refractivity contribution in [2.45, 2.75) is 44.6 Å². The van der Waals surface area contributed by atoms with Crippen LogP contribution in [0.15, 0.2) is 0 Å². The molecule has 0 bridgehead atoms. The van der Waals surface area contributed by atoms with Crippen LogP contribution in [-0.2, 0) is 4.74 Å². The molecule has 76 valence electrons. The average molecular weight is 183 g/mol. The summed E-state index contributed by atoms with van der Waals surface area (Å²) in [7, 11) is 0. The van der Waals surface area contributed by atoms with Crippen molar-refractivity contribution in [1.29, 1.82) is 0 Å². The number of piperidine rings is 1. The third-order valence-corrected chi connectivity index (χ3v) is 3.50. The molecule has 1 unspecified atom stereocenters. The van der Waals surface area contributed by atoms with Gasteiger partial charge in [-0.1, -0.05) is 13.3 Å². The van der Waals surface area contributed by atoms with E-state index in [4.69, 9.17) is 4.74 Å². The minimum absolute atomic E-state index is 0.283. The van der Waals surface area contributed by atoms with E-state index < -0.39 is 0 Å². The zero-order chi connectivity index (χ0) is 9.15. The lowest BCUT2D eigenvalue weighted by atomic mass is 9.85. The molecule has 0 saturated carbocycles. The molecule has 2 rings (SSSR count). The van der Waals surface area contributed by atoms with E-state index in [0.29, 0.717) is 0 Å². The standard InChI is InChI=1S/C11H21NO/c1-2-3-10-8-11(13-9-10)4-6-12-7-5-11/h10,12H,2-9H2,1H3. The van der Waals surface area contributed by atoms with Crippen molar-refractivity contribution < 1.29 is 4.74 Å². The van der Waals surface area contributed by atoms with Crippen LogP contribution >= 0.6 is 0 Å². The second-order valence-corrected chi connectivity index (χ2v) is 4.60. The minimum atomic E-state index is 0.283. The van der Waals surface area contributed by atoms with Gasteiger partial charge < -0.3 is 10.1 Å². The van der Waals surface area contributed by atoms with Crippen molar-refractivity contribution in [3.63, 3.8) is 0 Å². The molecular formula is C11H21NO. The molecule has 2 aliphatic heterocycles. The Kier molecular flexibility index (Phi) is 2.89. The van der Waals surface area contributed by atoms with Crippen LogP contribution in [0, 0.1) is 5.92 Å². The maximum Gasteiger partial charge on any atom is 0.0710 e. The maximum absolute atomic E-state index is 6.01. The number of hydrogen-bond acceptors (Lipinski definition) is 2. The Hall–Kier alpha value is -0.0800. The number of ether oxygens (including phenoxy) is 1. The van der Waals surface area contributed by atoms with Gasteiger partial charge in [0, 0.05) is 0 Å². The second-order valence-electron chi connectivity index (χ2n) is 4.60. The molecule has 2 fully saturated rings. The lowest BCUT2D eigenvalue weighted by Gasteiger charge is -2.33. The predicted octanol–water partition coefficient (Wildman–Crippen LogP) is 1.95. The highest BCUT2D eigenvalue weighted by Gasteiger charge is 2.40. The minimum Gasteiger partial charge on any atom is -0.375 e. The molecule has 0 aliphatic carbocycles. The van der Waals surface area contributed by atoms with Crippen molar-refractivity contribution in [2.75, 3.05) is 19.7 Å². The number of hydrogen-bond donors (Lipinski definition) is 1. The second kappa shape index (κ2) is 3.97. The Morgan fingerprint density at radius 1 is 1.38 bits per heavy atom. The Balaban J connectivity index is 1.87. The lowest BCUT2D eigenvalue weighted by molar-refractivity contribution is -0.0197. The van der Waals surface area contributed by atoms with Crippen LogP contribution in [0.5, 0.6) is 0 Å². The molecule has 2 heteroatoms. The highest BCUT2D eigenvalue weighted by molar-refractivity contribution is 4.92. The van der Waals surface area contributed by atoms with Crippen molar-refractivity contribution in [2.24, 2.45) is 5.92 Å². The molecule has 1 N–H and O–H groups in total. The van der Waals surface area contributed by atoms with E-state index in [-0.39, 0.29) is 5.60 Å². The molecule has 2 saturated heterocycles. The van der Waals surface area contributed by atoms with Crippen molar-refractivity contribution >= 4 is 0 Å². The molecule has 0 radical (unpaired) electrons. The summed E-state index contributed by atoms with van der Waals surface area (Å²) in [6.07, 6.45) is 6.44. The fourth-order valence-corrected chi connectivity index (χ4v) is 2.76. The molecule has 1 atom stereocenters. The first-order valence-electron chi connectivity index (χ1n) is 5.69. The Morgan fingerprint density at radius 3 is 2.85 bits per heavy atom. The van der Waals surface area contributed by atoms with E-state index in [1.807, 2.05) is 0 Å². The Labute approximate surface area is 81.0 Å². The van der Waals surface area contributed by atoms with E-state index in [2.05, 4.69) is 12.2 Å². The average Bonchev–Trinajstić information content (AvgIpc) is 2.51. The summed E-state index contributed by atoms with van der Waals surface area (Å²) in [5, 5.41) is 3.40. The van der Waals surface area contributed by atoms with Gasteiger partial charge in [-0.25, -0.2) is 0 Å². The maximum atomic E-state index is 6.01. The van der Waals surface area contributed by atoms with Crippen LogP contribution in [0.4, 0.5) is 0 Å². The smallest absolute Gasteiger partial charge is 0.0710 e. The normalized spacial score (nSPS) is 32.5. The van der Waals surface area contributed by atoms with Gasteiger partial charge in [0.2, 0.25) is 0 Å². The Morgan fingerprint density at radius 2 is 2.15 bits per heavy atom. The molecular weight excluding hydrogens is 162 g/mol. The summed E-state index contributed by atoms with van der Waals surface area (Å²) in [6, 6.07) is 0. The first-order valence-corrected chi connectivity index (χ1v) is 5.69. The molecule has 2 aliphatic rings. The van der Waals surface area contributed by atoms with Crippen molar-refractivity contribution in [3.8, 4) is 0 Å². The first-order chi connectivity index (χ1) is 6.35. The zero-order valence-corrected chi connectivity index (χ0v) is 8.64. The number of nitrogens with one attached hydrogen (secondary N) is 1. The fourth-order valence-electron chi connectivity index (χ4n) is 2.76. The van der Waals surface area contributed by atoms with E-state index in [1.54, 1.807) is 0 Å². The largest absolute Gasteiger partial charge is 0.375 e. The summed E-state index contributed by atoms with van der Waals surface area (Å²) in [5.41, 5.74) is 0.283. The van der Waals surface area contributed by atoms with Gasteiger partial charge in [-0.15, -0.1) is 0 Å². The van der Waals surface area contributed by atoms with E-state index >= 15 is 0 Å². The molecule has 1 spiro atoms. The van der Waals surface area contributed by atoms with Crippen LogP contribution in [0.2, 0.25) is 0 Å². The van der Waals surface area contributed by atoms with E-state index in [1.165, 1.54) is 32.1 Å². The van der Waals surface area contributed by atoms with Crippen molar-refractivity contribution in [3.05, 3.63) is 0 Å². The van der Waals surface area contributed by atoms with Gasteiger partial charge in [0.05, 0.1) is 12.2 Å². The highest BCUT2D eigenvalue weighted by Crippen LogP contribution is 2.38. The molecule has 0 aromatic rings. The summed E-state index contributed by atoms with van der Waals surface area (Å²) in [5.74, 6) is 0.850. The van der Waals surface area contributed by atoms with Crippen LogP contribution in [0.3, 0.4) is 0 Å². The third-order valence-electron chi connectivity index (χ3n) is 3.50. The topological polar surface area (TPSA) is 21.3 Å². The first kappa shape index (κ1) is 9.47. The van der Waals surface area contributed by atoms with Gasteiger partial charge >= 0.3 is 0 Å². The van der Waals surface area contributed by atoms with Gasteiger partial charge in [-0.2, -0.15) is 0 Å². The lowest BCUT2D eigenvalue weighted by Crippen LogP contribution is -2.41. The zero-order valence-electron chi connectivity index (χ0n) is 8.64. The number of rotatable bonds is 2. The summed E-state index contributed by atoms with van der Waals surface area (Å²) in [6.45, 7) is 5.60. The van der Waals surface area contributed by atoms with Gasteiger partial charge in [0.1, 0.15) is 0 Å². The monoisotopic (exact) mass is 183 g/mol. The molecule has 0 aromatic carbocycles. The molecule has 2 nitrogen and oxygen atoms in total. The van der Waals surface area contributed by atoms with Crippen LogP contribution in [-0.4, -0.2) is 25.3 Å². The summed E-state index contributed by atoms with van der Waals surface area (Å²) in [4.78, 5) is 0. The van der Waals surface area contributed by atoms with Gasteiger partial charge in [-0.3, -0.25) is 0 Å². The summed E-state index contributed by atoms with van der Waals surface area (Å²) >= 11 is 0. The van der Waals surface area contributed by atoms with Crippen LogP contribution in [0.25, 0.3) is 0 Å². The Bertz CT molecular complexity index is 163. The van der Waals surface area contributed by atoms with E-state index in [9.17, 15) is 0 Å². The quantitative estimate of drug-likeness (QED) is 0.706. The van der Waals surface area contributed by atoms with Gasteiger partial charge in [0.25, 0.3) is 0 Å². The van der Waals surface area contributed by atoms with Crippen LogP contribution in [0.1, 0.15) is 39.0 Å².